The highest BCUT2D eigenvalue weighted by atomic mass is 79.9. The lowest BCUT2D eigenvalue weighted by molar-refractivity contribution is 0.0906. The number of alkyl halides is 1. The molecule has 2 rings (SSSR count). The Labute approximate surface area is 123 Å². The van der Waals surface area contributed by atoms with Gasteiger partial charge in [0.25, 0.3) is 5.91 Å². The highest BCUT2D eigenvalue weighted by Gasteiger charge is 2.34. The number of carbonyl (C=O) groups is 1. The lowest BCUT2D eigenvalue weighted by atomic mass is 10.00. The summed E-state index contributed by atoms with van der Waals surface area (Å²) < 4.78 is 14.1. The Morgan fingerprint density at radius 2 is 2.06 bits per heavy atom. The lowest BCUT2D eigenvalue weighted by Crippen LogP contribution is -2.48. The van der Waals surface area contributed by atoms with Gasteiger partial charge in [0.2, 0.25) is 0 Å². The van der Waals surface area contributed by atoms with Gasteiger partial charge in [-0.25, -0.2) is 4.39 Å². The predicted molar refractivity (Wildman–Crippen MR) is 76.6 cm³/mol. The summed E-state index contributed by atoms with van der Waals surface area (Å²) in [5.41, 5.74) is -0.122. The molecule has 0 atom stereocenters. The number of amides is 1. The van der Waals surface area contributed by atoms with Crippen molar-refractivity contribution in [3.8, 4) is 0 Å². The first-order valence-electron chi connectivity index (χ1n) is 5.90. The molecule has 0 aliphatic heterocycles. The minimum Gasteiger partial charge on any atom is -0.346 e. The first-order chi connectivity index (χ1) is 8.58. The third kappa shape index (κ3) is 2.77. The quantitative estimate of drug-likeness (QED) is 0.790. The van der Waals surface area contributed by atoms with Gasteiger partial charge in [-0.3, -0.25) is 4.79 Å². The molecule has 1 aromatic carbocycles. The highest BCUT2D eigenvalue weighted by molar-refractivity contribution is 9.10. The molecule has 1 aliphatic carbocycles. The van der Waals surface area contributed by atoms with Crippen molar-refractivity contribution < 1.29 is 9.18 Å². The largest absolute Gasteiger partial charge is 0.346 e. The standard InChI is InChI=1S/C13H14Br2FNO/c14-8-13(6-1-2-7-13)17-12(18)9-4-3-5-10(15)11(9)16/h3-5H,1-2,6-8H2,(H,17,18). The van der Waals surface area contributed by atoms with Crippen LogP contribution in [0.4, 0.5) is 4.39 Å². The first kappa shape index (κ1) is 14.0. The van der Waals surface area contributed by atoms with Gasteiger partial charge in [0, 0.05) is 5.33 Å². The second kappa shape index (κ2) is 5.70. The van der Waals surface area contributed by atoms with E-state index in [0.717, 1.165) is 25.7 Å². The van der Waals surface area contributed by atoms with Gasteiger partial charge in [-0.15, -0.1) is 0 Å². The van der Waals surface area contributed by atoms with Crippen molar-refractivity contribution in [3.63, 3.8) is 0 Å². The SMILES string of the molecule is O=C(NC1(CBr)CCCC1)c1cccc(Br)c1F. The molecule has 1 amide bonds. The normalized spacial score (nSPS) is 17.7. The van der Waals surface area contributed by atoms with Crippen molar-refractivity contribution in [2.45, 2.75) is 31.2 Å². The van der Waals surface area contributed by atoms with Crippen LogP contribution < -0.4 is 5.32 Å². The summed E-state index contributed by atoms with van der Waals surface area (Å²) in [5.74, 6) is -0.840. The second-order valence-electron chi connectivity index (χ2n) is 4.68. The smallest absolute Gasteiger partial charge is 0.254 e. The second-order valence-corrected chi connectivity index (χ2v) is 6.09. The molecule has 1 fully saturated rings. The molecule has 0 aromatic heterocycles. The molecule has 0 radical (unpaired) electrons. The Kier molecular flexibility index (Phi) is 4.43. The van der Waals surface area contributed by atoms with Crippen LogP contribution in [0.15, 0.2) is 22.7 Å². The number of halogens is 3. The fraction of sp³-hybridized carbons (Fsp3) is 0.462. The zero-order chi connectivity index (χ0) is 13.2. The molecular weight excluding hydrogens is 365 g/mol. The first-order valence-corrected chi connectivity index (χ1v) is 7.82. The zero-order valence-electron chi connectivity index (χ0n) is 9.81. The van der Waals surface area contributed by atoms with Crippen molar-refractivity contribution in [2.75, 3.05) is 5.33 Å². The van der Waals surface area contributed by atoms with Crippen LogP contribution in [0.3, 0.4) is 0 Å². The van der Waals surface area contributed by atoms with Crippen LogP contribution in [0.1, 0.15) is 36.0 Å². The van der Waals surface area contributed by atoms with Crippen LogP contribution in [-0.2, 0) is 0 Å². The molecule has 0 bridgehead atoms. The van der Waals surface area contributed by atoms with Gasteiger partial charge in [0.15, 0.2) is 0 Å². The molecule has 1 N–H and O–H groups in total. The summed E-state index contributed by atoms with van der Waals surface area (Å²) in [6, 6.07) is 4.76. The van der Waals surface area contributed by atoms with E-state index in [-0.39, 0.29) is 17.0 Å². The van der Waals surface area contributed by atoms with E-state index in [4.69, 9.17) is 0 Å². The van der Waals surface area contributed by atoms with Crippen molar-refractivity contribution in [2.24, 2.45) is 0 Å². The average Bonchev–Trinajstić information content (AvgIpc) is 2.81. The fourth-order valence-electron chi connectivity index (χ4n) is 2.33. The van der Waals surface area contributed by atoms with Crippen LogP contribution in [0.2, 0.25) is 0 Å². The zero-order valence-corrected chi connectivity index (χ0v) is 13.0. The molecule has 2 nitrogen and oxygen atoms in total. The Hall–Kier alpha value is -0.420. The number of rotatable bonds is 3. The Bertz CT molecular complexity index is 458. The van der Waals surface area contributed by atoms with E-state index in [0.29, 0.717) is 9.80 Å². The average molecular weight is 379 g/mol. The maximum Gasteiger partial charge on any atom is 0.254 e. The Balaban J connectivity index is 2.19. The monoisotopic (exact) mass is 377 g/mol. The molecule has 0 unspecified atom stereocenters. The predicted octanol–water partition coefficient (Wildman–Crippen LogP) is 4.03. The van der Waals surface area contributed by atoms with Gasteiger partial charge in [-0.1, -0.05) is 34.8 Å². The van der Waals surface area contributed by atoms with Crippen molar-refractivity contribution in [1.29, 1.82) is 0 Å². The minimum atomic E-state index is -0.502. The summed E-state index contributed by atoms with van der Waals surface area (Å²) in [7, 11) is 0. The molecule has 0 spiro atoms. The van der Waals surface area contributed by atoms with E-state index in [1.165, 1.54) is 6.07 Å². The molecule has 0 saturated heterocycles. The summed E-state index contributed by atoms with van der Waals surface area (Å²) in [6.07, 6.45) is 4.10. The molecular formula is C13H14Br2FNO. The van der Waals surface area contributed by atoms with Gasteiger partial charge in [-0.05, 0) is 40.9 Å². The molecule has 1 aliphatic rings. The van der Waals surface area contributed by atoms with Gasteiger partial charge < -0.3 is 5.32 Å². The van der Waals surface area contributed by atoms with Crippen LogP contribution in [-0.4, -0.2) is 16.8 Å². The van der Waals surface area contributed by atoms with E-state index in [2.05, 4.69) is 37.2 Å². The van der Waals surface area contributed by atoms with Gasteiger partial charge >= 0.3 is 0 Å². The number of benzene rings is 1. The van der Waals surface area contributed by atoms with Crippen LogP contribution >= 0.6 is 31.9 Å². The minimum absolute atomic E-state index is 0.0941. The molecule has 18 heavy (non-hydrogen) atoms. The molecule has 98 valence electrons. The summed E-state index contributed by atoms with van der Waals surface area (Å²) in [5, 5.41) is 3.69. The van der Waals surface area contributed by atoms with Crippen molar-refractivity contribution in [3.05, 3.63) is 34.1 Å². The summed E-state index contributed by atoms with van der Waals surface area (Å²) in [6.45, 7) is 0. The van der Waals surface area contributed by atoms with E-state index in [1.54, 1.807) is 12.1 Å². The van der Waals surface area contributed by atoms with E-state index in [9.17, 15) is 9.18 Å². The molecule has 1 aromatic rings. The number of hydrogen-bond acceptors (Lipinski definition) is 1. The lowest BCUT2D eigenvalue weighted by Gasteiger charge is -2.28. The number of carbonyl (C=O) groups excluding carboxylic acids is 1. The maximum absolute atomic E-state index is 13.8. The third-order valence-corrected chi connectivity index (χ3v) is 5.08. The van der Waals surface area contributed by atoms with Gasteiger partial charge in [-0.2, -0.15) is 0 Å². The third-order valence-electron chi connectivity index (χ3n) is 3.39. The van der Waals surface area contributed by atoms with Gasteiger partial charge in [0.05, 0.1) is 15.6 Å². The van der Waals surface area contributed by atoms with Gasteiger partial charge in [0.1, 0.15) is 5.82 Å². The molecule has 5 heteroatoms. The van der Waals surface area contributed by atoms with Crippen LogP contribution in [0.5, 0.6) is 0 Å². The number of nitrogens with one attached hydrogen (secondary N) is 1. The highest BCUT2D eigenvalue weighted by Crippen LogP contribution is 2.31. The van der Waals surface area contributed by atoms with Crippen LogP contribution in [0.25, 0.3) is 0 Å². The molecule has 0 heterocycles. The summed E-state index contributed by atoms with van der Waals surface area (Å²) in [4.78, 5) is 12.1. The van der Waals surface area contributed by atoms with Crippen LogP contribution in [0, 0.1) is 5.82 Å². The van der Waals surface area contributed by atoms with E-state index in [1.807, 2.05) is 0 Å². The Morgan fingerprint density at radius 3 is 2.67 bits per heavy atom. The Morgan fingerprint density at radius 1 is 1.39 bits per heavy atom. The molecule has 1 saturated carbocycles. The van der Waals surface area contributed by atoms with E-state index >= 15 is 0 Å². The van der Waals surface area contributed by atoms with Crippen molar-refractivity contribution in [1.82, 2.24) is 5.32 Å². The fourth-order valence-corrected chi connectivity index (χ4v) is 3.40. The topological polar surface area (TPSA) is 29.1 Å². The summed E-state index contributed by atoms with van der Waals surface area (Å²) >= 11 is 6.54. The van der Waals surface area contributed by atoms with Crippen molar-refractivity contribution >= 4 is 37.8 Å². The number of hydrogen-bond donors (Lipinski definition) is 1. The van der Waals surface area contributed by atoms with E-state index < -0.39 is 5.82 Å². The maximum atomic E-state index is 13.8.